The average Bonchev–Trinajstić information content (AvgIpc) is 3.53. The summed E-state index contributed by atoms with van der Waals surface area (Å²) in [5.41, 5.74) is 3.75. The van der Waals surface area contributed by atoms with Gasteiger partial charge in [-0.25, -0.2) is 4.98 Å². The number of nitrogens with zero attached hydrogens (tertiary/aromatic N) is 1. The van der Waals surface area contributed by atoms with Gasteiger partial charge in [-0.15, -0.1) is 0 Å². The second kappa shape index (κ2) is 10.4. The fourth-order valence-corrected chi connectivity index (χ4v) is 4.38. The van der Waals surface area contributed by atoms with Gasteiger partial charge in [-0.3, -0.25) is 4.79 Å². The van der Waals surface area contributed by atoms with Crippen molar-refractivity contribution in [3.8, 4) is 34.1 Å². The van der Waals surface area contributed by atoms with Crippen LogP contribution in [0.4, 0.5) is 0 Å². The molecular formula is C26H31N3O3. The Balaban J connectivity index is 1.42. The van der Waals surface area contributed by atoms with Crippen molar-refractivity contribution in [2.75, 3.05) is 14.2 Å². The van der Waals surface area contributed by atoms with Crippen LogP contribution in [0.2, 0.25) is 0 Å². The van der Waals surface area contributed by atoms with E-state index in [2.05, 4.69) is 21.4 Å². The Morgan fingerprint density at radius 3 is 2.75 bits per heavy atom. The van der Waals surface area contributed by atoms with E-state index >= 15 is 0 Å². The molecule has 0 spiro atoms. The van der Waals surface area contributed by atoms with Crippen LogP contribution in [0.1, 0.15) is 44.1 Å². The monoisotopic (exact) mass is 433 g/mol. The van der Waals surface area contributed by atoms with Gasteiger partial charge in [0.05, 0.1) is 26.1 Å². The van der Waals surface area contributed by atoms with Crippen LogP contribution in [0.5, 0.6) is 11.5 Å². The number of imidazole rings is 1. The molecule has 0 radical (unpaired) electrons. The summed E-state index contributed by atoms with van der Waals surface area (Å²) >= 11 is 0. The molecular weight excluding hydrogens is 402 g/mol. The molecule has 1 aromatic heterocycles. The first kappa shape index (κ1) is 21.9. The van der Waals surface area contributed by atoms with E-state index in [4.69, 9.17) is 9.47 Å². The van der Waals surface area contributed by atoms with Gasteiger partial charge in [0, 0.05) is 24.1 Å². The number of carbonyl (C=O) groups excluding carboxylic acids is 1. The molecule has 0 unspecified atom stereocenters. The van der Waals surface area contributed by atoms with Crippen molar-refractivity contribution in [1.29, 1.82) is 0 Å². The zero-order valence-corrected chi connectivity index (χ0v) is 18.8. The normalized spacial score (nSPS) is 13.8. The molecule has 2 aromatic carbocycles. The maximum atomic E-state index is 12.2. The summed E-state index contributed by atoms with van der Waals surface area (Å²) in [6.07, 6.45) is 8.62. The second-order valence-corrected chi connectivity index (χ2v) is 8.38. The number of carbonyl (C=O) groups is 1. The molecule has 2 N–H and O–H groups in total. The zero-order chi connectivity index (χ0) is 22.3. The molecule has 1 amide bonds. The molecule has 0 aliphatic heterocycles. The molecule has 1 aliphatic rings. The fourth-order valence-electron chi connectivity index (χ4n) is 4.38. The highest BCUT2D eigenvalue weighted by atomic mass is 16.5. The van der Waals surface area contributed by atoms with E-state index in [1.54, 1.807) is 20.4 Å². The third-order valence-corrected chi connectivity index (χ3v) is 6.22. The van der Waals surface area contributed by atoms with E-state index in [0.717, 1.165) is 52.0 Å². The summed E-state index contributed by atoms with van der Waals surface area (Å²) in [6, 6.07) is 13.8. The standard InChI is InChI=1S/C26H31N3O3/c1-31-21-11-12-24(32-2)22(15-21)23-17-28-26(29-23)20-9-5-8-19(14-20)16-27-25(30)13-10-18-6-3-4-7-18/h5,8-9,11-12,14-15,17-18H,3-4,6-7,10,13,16H2,1-2H3,(H,27,30)(H,28,29). The number of rotatable bonds is 9. The van der Waals surface area contributed by atoms with E-state index in [-0.39, 0.29) is 5.91 Å². The Bertz CT molecular complexity index is 1050. The number of hydrogen-bond donors (Lipinski definition) is 2. The van der Waals surface area contributed by atoms with Crippen molar-refractivity contribution in [3.05, 3.63) is 54.2 Å². The van der Waals surface area contributed by atoms with Crippen LogP contribution in [0.25, 0.3) is 22.6 Å². The molecule has 168 valence electrons. The molecule has 1 fully saturated rings. The third-order valence-electron chi connectivity index (χ3n) is 6.22. The van der Waals surface area contributed by atoms with Gasteiger partial charge in [-0.1, -0.05) is 43.9 Å². The summed E-state index contributed by atoms with van der Waals surface area (Å²) in [5, 5.41) is 3.06. The third kappa shape index (κ3) is 5.31. The van der Waals surface area contributed by atoms with Crippen molar-refractivity contribution in [1.82, 2.24) is 15.3 Å². The van der Waals surface area contributed by atoms with Crippen molar-refractivity contribution < 1.29 is 14.3 Å². The lowest BCUT2D eigenvalue weighted by Crippen LogP contribution is -2.23. The number of hydrogen-bond acceptors (Lipinski definition) is 4. The molecule has 32 heavy (non-hydrogen) atoms. The molecule has 0 bridgehead atoms. The predicted molar refractivity (Wildman–Crippen MR) is 126 cm³/mol. The molecule has 6 nitrogen and oxygen atoms in total. The Kier molecular flexibility index (Phi) is 7.10. The lowest BCUT2D eigenvalue weighted by Gasteiger charge is -2.10. The number of amides is 1. The van der Waals surface area contributed by atoms with Gasteiger partial charge in [0.1, 0.15) is 17.3 Å². The molecule has 1 aliphatic carbocycles. The molecule has 1 heterocycles. The second-order valence-electron chi connectivity index (χ2n) is 8.38. The molecule has 6 heteroatoms. The minimum Gasteiger partial charge on any atom is -0.497 e. The van der Waals surface area contributed by atoms with Crippen LogP contribution >= 0.6 is 0 Å². The van der Waals surface area contributed by atoms with Crippen molar-refractivity contribution in [2.24, 2.45) is 5.92 Å². The van der Waals surface area contributed by atoms with E-state index in [1.807, 2.05) is 36.4 Å². The predicted octanol–water partition coefficient (Wildman–Crippen LogP) is 5.35. The lowest BCUT2D eigenvalue weighted by molar-refractivity contribution is -0.121. The van der Waals surface area contributed by atoms with E-state index in [9.17, 15) is 4.79 Å². The summed E-state index contributed by atoms with van der Waals surface area (Å²) in [4.78, 5) is 20.2. The van der Waals surface area contributed by atoms with Gasteiger partial charge < -0.3 is 19.8 Å². The first-order valence-corrected chi connectivity index (χ1v) is 11.3. The maximum Gasteiger partial charge on any atom is 0.220 e. The zero-order valence-electron chi connectivity index (χ0n) is 18.8. The van der Waals surface area contributed by atoms with Crippen LogP contribution in [0, 0.1) is 5.92 Å². The lowest BCUT2D eigenvalue weighted by atomic mass is 10.0. The van der Waals surface area contributed by atoms with Crippen LogP contribution in [-0.2, 0) is 11.3 Å². The van der Waals surface area contributed by atoms with E-state index in [0.29, 0.717) is 13.0 Å². The smallest absolute Gasteiger partial charge is 0.220 e. The summed E-state index contributed by atoms with van der Waals surface area (Å²) in [5.74, 6) is 3.13. The van der Waals surface area contributed by atoms with Crippen LogP contribution in [0.15, 0.2) is 48.7 Å². The first-order valence-electron chi connectivity index (χ1n) is 11.3. The van der Waals surface area contributed by atoms with Gasteiger partial charge >= 0.3 is 0 Å². The van der Waals surface area contributed by atoms with Gasteiger partial charge in [0.2, 0.25) is 5.91 Å². The van der Waals surface area contributed by atoms with Crippen molar-refractivity contribution in [2.45, 2.75) is 45.1 Å². The molecule has 4 rings (SSSR count). The van der Waals surface area contributed by atoms with Crippen LogP contribution < -0.4 is 14.8 Å². The highest BCUT2D eigenvalue weighted by molar-refractivity contribution is 5.76. The number of benzene rings is 2. The minimum atomic E-state index is 0.132. The minimum absolute atomic E-state index is 0.132. The van der Waals surface area contributed by atoms with E-state index < -0.39 is 0 Å². The Morgan fingerprint density at radius 1 is 1.12 bits per heavy atom. The first-order chi connectivity index (χ1) is 15.7. The maximum absolute atomic E-state index is 12.2. The summed E-state index contributed by atoms with van der Waals surface area (Å²) in [6.45, 7) is 0.522. The van der Waals surface area contributed by atoms with E-state index in [1.165, 1.54) is 25.7 Å². The largest absolute Gasteiger partial charge is 0.497 e. The summed E-state index contributed by atoms with van der Waals surface area (Å²) < 4.78 is 10.8. The highest BCUT2D eigenvalue weighted by Crippen LogP contribution is 2.33. The number of H-pyrrole nitrogens is 1. The number of nitrogens with one attached hydrogen (secondary N) is 2. The number of ether oxygens (including phenoxy) is 2. The topological polar surface area (TPSA) is 76.2 Å². The van der Waals surface area contributed by atoms with Gasteiger partial charge in [-0.05, 0) is 42.2 Å². The Morgan fingerprint density at radius 2 is 1.97 bits per heavy atom. The number of methoxy groups -OCH3 is 2. The molecule has 1 saturated carbocycles. The van der Waals surface area contributed by atoms with Gasteiger partial charge in [0.25, 0.3) is 0 Å². The van der Waals surface area contributed by atoms with Gasteiger partial charge in [0.15, 0.2) is 0 Å². The number of aromatic amines is 1. The average molecular weight is 434 g/mol. The Labute approximate surface area is 189 Å². The van der Waals surface area contributed by atoms with Crippen molar-refractivity contribution >= 4 is 5.91 Å². The van der Waals surface area contributed by atoms with Crippen LogP contribution in [0.3, 0.4) is 0 Å². The molecule has 0 atom stereocenters. The molecule has 0 saturated heterocycles. The number of aromatic nitrogens is 2. The van der Waals surface area contributed by atoms with Gasteiger partial charge in [-0.2, -0.15) is 0 Å². The quantitative estimate of drug-likeness (QED) is 0.477. The summed E-state index contributed by atoms with van der Waals surface area (Å²) in [7, 11) is 3.29. The fraction of sp³-hybridized carbons (Fsp3) is 0.385. The SMILES string of the molecule is COc1ccc(OC)c(-c2cnc(-c3cccc(CNC(=O)CCC4CCCC4)c3)[nH]2)c1. The van der Waals surface area contributed by atoms with Crippen molar-refractivity contribution in [3.63, 3.8) is 0 Å². The Hall–Kier alpha value is -3.28. The highest BCUT2D eigenvalue weighted by Gasteiger charge is 2.16. The van der Waals surface area contributed by atoms with Crippen LogP contribution in [-0.4, -0.2) is 30.1 Å². The molecule has 3 aromatic rings.